The Morgan fingerprint density at radius 2 is 1.61 bits per heavy atom. The van der Waals surface area contributed by atoms with Gasteiger partial charge in [0.05, 0.1) is 7.11 Å². The van der Waals surface area contributed by atoms with Gasteiger partial charge in [-0.05, 0) is 100 Å². The zero-order chi connectivity index (χ0) is 32.7. The number of benzene rings is 2. The minimum Gasteiger partial charge on any atom is -0.497 e. The number of aryl methyl sites for hydroxylation is 1. The molecule has 0 heterocycles. The van der Waals surface area contributed by atoms with Crippen LogP contribution in [0.2, 0.25) is 0 Å². The standard InChI is InChI=1S/C35H53N3O5S/c1-9-10-11-12-13-14-23-38(33(40)30(22-24-44-8)37-34(41)43-35(4,5)6)31(29-17-15-16-25(2)26(29)3)32(39)36-27-18-20-28(42-7)21-19-27/h15-21,30-31H,9-14,22-24H2,1-8H3,(H,36,39)(H,37,41). The van der Waals surface area contributed by atoms with Gasteiger partial charge in [-0.2, -0.15) is 11.8 Å². The molecule has 0 fully saturated rings. The van der Waals surface area contributed by atoms with Crippen LogP contribution in [-0.4, -0.2) is 60.1 Å². The molecule has 9 heteroatoms. The maximum Gasteiger partial charge on any atom is 0.408 e. The smallest absolute Gasteiger partial charge is 0.408 e. The van der Waals surface area contributed by atoms with Crippen LogP contribution in [-0.2, 0) is 14.3 Å². The number of hydrogen-bond acceptors (Lipinski definition) is 6. The highest BCUT2D eigenvalue weighted by atomic mass is 32.2. The van der Waals surface area contributed by atoms with Gasteiger partial charge in [0.15, 0.2) is 0 Å². The summed E-state index contributed by atoms with van der Waals surface area (Å²) in [6.07, 6.45) is 7.94. The van der Waals surface area contributed by atoms with Crippen molar-refractivity contribution < 1.29 is 23.9 Å². The van der Waals surface area contributed by atoms with Gasteiger partial charge in [-0.25, -0.2) is 4.79 Å². The fourth-order valence-electron chi connectivity index (χ4n) is 4.98. The van der Waals surface area contributed by atoms with Crippen LogP contribution in [0.25, 0.3) is 0 Å². The number of alkyl carbamates (subject to hydrolysis) is 1. The number of carbonyl (C=O) groups excluding carboxylic acids is 3. The van der Waals surface area contributed by atoms with E-state index in [1.165, 1.54) is 6.42 Å². The summed E-state index contributed by atoms with van der Waals surface area (Å²) in [5, 5.41) is 5.87. The topological polar surface area (TPSA) is 97.0 Å². The molecule has 0 radical (unpaired) electrons. The van der Waals surface area contributed by atoms with Crippen LogP contribution >= 0.6 is 11.8 Å². The molecule has 0 aliphatic heterocycles. The van der Waals surface area contributed by atoms with Crippen LogP contribution in [0.3, 0.4) is 0 Å². The minimum absolute atomic E-state index is 0.297. The van der Waals surface area contributed by atoms with Gasteiger partial charge >= 0.3 is 6.09 Å². The van der Waals surface area contributed by atoms with Crippen molar-refractivity contribution in [3.8, 4) is 5.75 Å². The van der Waals surface area contributed by atoms with Crippen molar-refractivity contribution in [2.45, 2.75) is 104 Å². The second-order valence-electron chi connectivity index (χ2n) is 12.2. The minimum atomic E-state index is -0.905. The number of thioether (sulfide) groups is 1. The van der Waals surface area contributed by atoms with E-state index in [4.69, 9.17) is 9.47 Å². The number of unbranched alkanes of at least 4 members (excludes halogenated alkanes) is 5. The predicted octanol–water partition coefficient (Wildman–Crippen LogP) is 7.83. The fraction of sp³-hybridized carbons (Fsp3) is 0.571. The first-order valence-electron chi connectivity index (χ1n) is 15.7. The molecule has 2 atom stereocenters. The van der Waals surface area contributed by atoms with Crippen molar-refractivity contribution in [3.05, 3.63) is 59.2 Å². The first-order chi connectivity index (χ1) is 20.9. The Labute approximate surface area is 269 Å². The Hall–Kier alpha value is -3.20. The van der Waals surface area contributed by atoms with Gasteiger partial charge in [0.2, 0.25) is 5.91 Å². The van der Waals surface area contributed by atoms with E-state index in [2.05, 4.69) is 17.6 Å². The Bertz CT molecular complexity index is 1200. The van der Waals surface area contributed by atoms with Crippen molar-refractivity contribution in [2.75, 3.05) is 31.0 Å². The highest BCUT2D eigenvalue weighted by Crippen LogP contribution is 2.30. The zero-order valence-corrected chi connectivity index (χ0v) is 28.8. The highest BCUT2D eigenvalue weighted by molar-refractivity contribution is 7.98. The summed E-state index contributed by atoms with van der Waals surface area (Å²) < 4.78 is 10.8. The first-order valence-corrected chi connectivity index (χ1v) is 17.1. The quantitative estimate of drug-likeness (QED) is 0.174. The van der Waals surface area contributed by atoms with Crippen molar-refractivity contribution >= 4 is 35.4 Å². The van der Waals surface area contributed by atoms with Crippen molar-refractivity contribution in [2.24, 2.45) is 0 Å². The zero-order valence-electron chi connectivity index (χ0n) is 28.0. The number of anilines is 1. The lowest BCUT2D eigenvalue weighted by molar-refractivity contribution is -0.141. The van der Waals surface area contributed by atoms with E-state index in [1.54, 1.807) is 68.8 Å². The van der Waals surface area contributed by atoms with E-state index in [9.17, 15) is 14.4 Å². The lowest BCUT2D eigenvalue weighted by Gasteiger charge is -2.35. The van der Waals surface area contributed by atoms with Crippen molar-refractivity contribution in [1.82, 2.24) is 10.2 Å². The molecule has 2 aromatic carbocycles. The summed E-state index contributed by atoms with van der Waals surface area (Å²) in [7, 11) is 1.59. The molecule has 0 aliphatic rings. The molecule has 2 rings (SSSR count). The van der Waals surface area contributed by atoms with Gasteiger partial charge in [-0.15, -0.1) is 0 Å². The summed E-state index contributed by atoms with van der Waals surface area (Å²) >= 11 is 1.60. The van der Waals surface area contributed by atoms with Gasteiger partial charge < -0.3 is 25.0 Å². The van der Waals surface area contributed by atoms with Crippen LogP contribution in [0, 0.1) is 13.8 Å². The molecule has 0 saturated heterocycles. The molecule has 244 valence electrons. The Kier molecular flexibility index (Phi) is 15.6. The van der Waals surface area contributed by atoms with Crippen LogP contribution < -0.4 is 15.4 Å². The second-order valence-corrected chi connectivity index (χ2v) is 13.2. The molecule has 2 aromatic rings. The predicted molar refractivity (Wildman–Crippen MR) is 182 cm³/mol. The van der Waals surface area contributed by atoms with Gasteiger partial charge in [-0.1, -0.05) is 57.2 Å². The maximum atomic E-state index is 14.5. The third-order valence-electron chi connectivity index (χ3n) is 7.49. The number of nitrogens with one attached hydrogen (secondary N) is 2. The molecular formula is C35H53N3O5S. The number of ether oxygens (including phenoxy) is 2. The second kappa shape index (κ2) is 18.6. The molecule has 2 N–H and O–H groups in total. The van der Waals surface area contributed by atoms with E-state index in [0.717, 1.165) is 48.8 Å². The van der Waals surface area contributed by atoms with Gasteiger partial charge in [0, 0.05) is 12.2 Å². The van der Waals surface area contributed by atoms with Gasteiger partial charge in [-0.3, -0.25) is 9.59 Å². The lowest BCUT2D eigenvalue weighted by Crippen LogP contribution is -2.53. The normalized spacial score (nSPS) is 12.6. The number of hydrogen-bond donors (Lipinski definition) is 2. The lowest BCUT2D eigenvalue weighted by atomic mass is 9.94. The average Bonchev–Trinajstić information content (AvgIpc) is 2.97. The number of methoxy groups -OCH3 is 1. The molecule has 0 saturated carbocycles. The summed E-state index contributed by atoms with van der Waals surface area (Å²) in [6, 6.07) is 11.2. The fourth-order valence-corrected chi connectivity index (χ4v) is 5.45. The SMILES string of the molecule is CCCCCCCCN(C(=O)C(CCSC)NC(=O)OC(C)(C)C)C(C(=O)Nc1ccc(OC)cc1)c1cccc(C)c1C. The van der Waals surface area contributed by atoms with E-state index >= 15 is 0 Å². The molecular weight excluding hydrogens is 574 g/mol. The van der Waals surface area contributed by atoms with Gasteiger partial charge in [0.25, 0.3) is 5.91 Å². The molecule has 0 aliphatic carbocycles. The summed E-state index contributed by atoms with van der Waals surface area (Å²) in [5.74, 6) is 0.723. The molecule has 0 spiro atoms. The molecule has 3 amide bonds. The summed E-state index contributed by atoms with van der Waals surface area (Å²) in [5.41, 5.74) is 2.63. The highest BCUT2D eigenvalue weighted by Gasteiger charge is 2.37. The largest absolute Gasteiger partial charge is 0.497 e. The van der Waals surface area contributed by atoms with Crippen molar-refractivity contribution in [3.63, 3.8) is 0 Å². The van der Waals surface area contributed by atoms with E-state index in [1.807, 2.05) is 38.3 Å². The number of amides is 3. The molecule has 0 aromatic heterocycles. The van der Waals surface area contributed by atoms with Crippen molar-refractivity contribution in [1.29, 1.82) is 0 Å². The Morgan fingerprint density at radius 1 is 0.955 bits per heavy atom. The molecule has 0 bridgehead atoms. The average molecular weight is 628 g/mol. The molecule has 2 unspecified atom stereocenters. The number of carbonyl (C=O) groups is 3. The van der Waals surface area contributed by atoms with E-state index < -0.39 is 23.8 Å². The van der Waals surface area contributed by atoms with Crippen LogP contribution in [0.15, 0.2) is 42.5 Å². The van der Waals surface area contributed by atoms with Crippen LogP contribution in [0.1, 0.15) is 95.4 Å². The van der Waals surface area contributed by atoms with Crippen LogP contribution in [0.5, 0.6) is 5.75 Å². The van der Waals surface area contributed by atoms with E-state index in [0.29, 0.717) is 30.2 Å². The molecule has 8 nitrogen and oxygen atoms in total. The third kappa shape index (κ3) is 12.1. The molecule has 44 heavy (non-hydrogen) atoms. The number of nitrogens with zero attached hydrogens (tertiary/aromatic N) is 1. The van der Waals surface area contributed by atoms with E-state index in [-0.39, 0.29) is 11.8 Å². The number of rotatable bonds is 17. The maximum absolute atomic E-state index is 14.5. The Morgan fingerprint density at radius 3 is 2.23 bits per heavy atom. The first kappa shape index (κ1) is 37.0. The summed E-state index contributed by atoms with van der Waals surface area (Å²) in [6.45, 7) is 11.9. The third-order valence-corrected chi connectivity index (χ3v) is 8.14. The van der Waals surface area contributed by atoms with Gasteiger partial charge in [0.1, 0.15) is 23.4 Å². The Balaban J connectivity index is 2.55. The monoisotopic (exact) mass is 627 g/mol. The van der Waals surface area contributed by atoms with Crippen LogP contribution in [0.4, 0.5) is 10.5 Å². The summed E-state index contributed by atoms with van der Waals surface area (Å²) in [4.78, 5) is 43.3.